The second kappa shape index (κ2) is 8.80. The van der Waals surface area contributed by atoms with Crippen LogP contribution in [0, 0.1) is 0 Å². The first-order valence-electron chi connectivity index (χ1n) is 8.26. The summed E-state index contributed by atoms with van der Waals surface area (Å²) in [4.78, 5) is 34.9. The molecule has 156 valence electrons. The Morgan fingerprint density at radius 2 is 1.87 bits per heavy atom. The lowest BCUT2D eigenvalue weighted by molar-refractivity contribution is -0.137. The molecule has 1 aliphatic heterocycles. The summed E-state index contributed by atoms with van der Waals surface area (Å²) in [5.41, 5.74) is -0.243. The van der Waals surface area contributed by atoms with Crippen molar-refractivity contribution in [3.8, 4) is 5.75 Å². The number of hydrogen-bond acceptors (Lipinski definition) is 5. The van der Waals surface area contributed by atoms with Crippen LogP contribution in [-0.2, 0) is 15.8 Å². The Morgan fingerprint density at radius 1 is 1.17 bits per heavy atom. The summed E-state index contributed by atoms with van der Waals surface area (Å²) < 4.78 is 43.3. The first-order chi connectivity index (χ1) is 14.1. The highest BCUT2D eigenvalue weighted by molar-refractivity contribution is 8.18. The lowest BCUT2D eigenvalue weighted by Gasteiger charge is -2.11. The van der Waals surface area contributed by atoms with Crippen LogP contribution >= 0.6 is 23.4 Å². The summed E-state index contributed by atoms with van der Waals surface area (Å²) in [7, 11) is 0. The van der Waals surface area contributed by atoms with Gasteiger partial charge < -0.3 is 10.1 Å². The minimum atomic E-state index is -4.53. The van der Waals surface area contributed by atoms with Gasteiger partial charge in [0.15, 0.2) is 6.61 Å². The zero-order valence-corrected chi connectivity index (χ0v) is 16.5. The van der Waals surface area contributed by atoms with Crippen molar-refractivity contribution < 1.29 is 32.3 Å². The van der Waals surface area contributed by atoms with E-state index in [0.29, 0.717) is 11.3 Å². The Labute approximate surface area is 177 Å². The van der Waals surface area contributed by atoms with Crippen molar-refractivity contribution in [3.63, 3.8) is 0 Å². The van der Waals surface area contributed by atoms with E-state index in [0.717, 1.165) is 30.0 Å². The summed E-state index contributed by atoms with van der Waals surface area (Å²) in [6.45, 7) is -0.398. The molecule has 1 aliphatic rings. The zero-order chi connectivity index (χ0) is 21.9. The SMILES string of the molecule is O=C(COc1ccc(/C=C2\SC(=O)NC2=O)cc1)Nc1ccc(C(F)(F)F)cc1Cl. The number of carbonyl (C=O) groups is 3. The quantitative estimate of drug-likeness (QED) is 0.637. The molecule has 3 rings (SSSR count). The van der Waals surface area contributed by atoms with Crippen LogP contribution in [-0.4, -0.2) is 23.7 Å². The van der Waals surface area contributed by atoms with Crippen molar-refractivity contribution >= 4 is 52.2 Å². The van der Waals surface area contributed by atoms with E-state index in [2.05, 4.69) is 10.6 Å². The number of imide groups is 1. The number of benzene rings is 2. The van der Waals surface area contributed by atoms with E-state index in [1.54, 1.807) is 24.3 Å². The zero-order valence-electron chi connectivity index (χ0n) is 14.9. The number of carbonyl (C=O) groups excluding carboxylic acids is 3. The van der Waals surface area contributed by atoms with Crippen LogP contribution in [0.25, 0.3) is 6.08 Å². The van der Waals surface area contributed by atoms with Crippen molar-refractivity contribution in [2.75, 3.05) is 11.9 Å². The molecule has 0 aromatic heterocycles. The van der Waals surface area contributed by atoms with Crippen molar-refractivity contribution in [3.05, 3.63) is 63.5 Å². The summed E-state index contributed by atoms with van der Waals surface area (Å²) >= 11 is 6.59. The van der Waals surface area contributed by atoms with E-state index < -0.39 is 35.4 Å². The van der Waals surface area contributed by atoms with Gasteiger partial charge in [0.05, 0.1) is 21.2 Å². The molecule has 0 spiro atoms. The van der Waals surface area contributed by atoms with Gasteiger partial charge in [-0.3, -0.25) is 19.7 Å². The van der Waals surface area contributed by atoms with Gasteiger partial charge in [-0.15, -0.1) is 0 Å². The van der Waals surface area contributed by atoms with Gasteiger partial charge in [0.1, 0.15) is 5.75 Å². The molecular formula is C19H12ClF3N2O4S. The first-order valence-corrected chi connectivity index (χ1v) is 9.45. The van der Waals surface area contributed by atoms with Gasteiger partial charge in [0, 0.05) is 0 Å². The van der Waals surface area contributed by atoms with Crippen molar-refractivity contribution in [1.29, 1.82) is 0 Å². The fourth-order valence-corrected chi connectivity index (χ4v) is 3.27. The smallest absolute Gasteiger partial charge is 0.416 e. The molecule has 1 heterocycles. The van der Waals surface area contributed by atoms with Crippen LogP contribution in [0.15, 0.2) is 47.4 Å². The second-order valence-electron chi connectivity index (χ2n) is 5.95. The number of rotatable bonds is 5. The van der Waals surface area contributed by atoms with Crippen LogP contribution in [0.1, 0.15) is 11.1 Å². The Balaban J connectivity index is 1.56. The third-order valence-electron chi connectivity index (χ3n) is 3.76. The van der Waals surface area contributed by atoms with E-state index in [1.807, 2.05) is 0 Å². The molecule has 0 radical (unpaired) electrons. The maximum Gasteiger partial charge on any atom is 0.416 e. The van der Waals surface area contributed by atoms with Gasteiger partial charge in [-0.2, -0.15) is 13.2 Å². The molecule has 2 N–H and O–H groups in total. The fourth-order valence-electron chi connectivity index (χ4n) is 2.36. The number of alkyl halides is 3. The van der Waals surface area contributed by atoms with Gasteiger partial charge in [0.2, 0.25) is 0 Å². The molecule has 0 unspecified atom stereocenters. The minimum Gasteiger partial charge on any atom is -0.484 e. The third kappa shape index (κ3) is 5.55. The lowest BCUT2D eigenvalue weighted by atomic mass is 10.2. The van der Waals surface area contributed by atoms with E-state index in [1.165, 1.54) is 6.08 Å². The second-order valence-corrected chi connectivity index (χ2v) is 7.37. The van der Waals surface area contributed by atoms with Gasteiger partial charge in [-0.25, -0.2) is 0 Å². The van der Waals surface area contributed by atoms with E-state index in [9.17, 15) is 27.6 Å². The van der Waals surface area contributed by atoms with Crippen LogP contribution in [0.4, 0.5) is 23.7 Å². The average molecular weight is 457 g/mol. The molecule has 6 nitrogen and oxygen atoms in total. The molecular weight excluding hydrogens is 445 g/mol. The normalized spacial score (nSPS) is 15.3. The molecule has 0 saturated carbocycles. The van der Waals surface area contributed by atoms with Gasteiger partial charge in [-0.1, -0.05) is 23.7 Å². The summed E-state index contributed by atoms with van der Waals surface area (Å²) in [6, 6.07) is 8.97. The van der Waals surface area contributed by atoms with Crippen LogP contribution in [0.5, 0.6) is 5.75 Å². The molecule has 1 saturated heterocycles. The number of thioether (sulfide) groups is 1. The average Bonchev–Trinajstić information content (AvgIpc) is 2.99. The molecule has 30 heavy (non-hydrogen) atoms. The molecule has 1 fully saturated rings. The minimum absolute atomic E-state index is 0.0297. The Hall–Kier alpha value is -2.98. The van der Waals surface area contributed by atoms with Crippen LogP contribution < -0.4 is 15.4 Å². The maximum atomic E-state index is 12.6. The Kier molecular flexibility index (Phi) is 6.37. The topological polar surface area (TPSA) is 84.5 Å². The van der Waals surface area contributed by atoms with Gasteiger partial charge in [0.25, 0.3) is 17.1 Å². The Morgan fingerprint density at radius 3 is 2.43 bits per heavy atom. The standard InChI is InChI=1S/C19H12ClF3N2O4S/c20-13-8-11(19(21,22)23)3-6-14(13)24-16(26)9-29-12-4-1-10(2-5-12)7-15-17(27)25-18(28)30-15/h1-8H,9H2,(H,24,26)(H,25,27,28)/b15-7-. The first kappa shape index (κ1) is 21.7. The van der Waals surface area contributed by atoms with Crippen molar-refractivity contribution in [1.82, 2.24) is 5.32 Å². The number of ether oxygens (including phenoxy) is 1. The largest absolute Gasteiger partial charge is 0.484 e. The van der Waals surface area contributed by atoms with Crippen molar-refractivity contribution in [2.24, 2.45) is 0 Å². The number of anilines is 1. The monoisotopic (exact) mass is 456 g/mol. The van der Waals surface area contributed by atoms with E-state index in [-0.39, 0.29) is 15.6 Å². The molecule has 3 amide bonds. The van der Waals surface area contributed by atoms with Crippen molar-refractivity contribution in [2.45, 2.75) is 6.18 Å². The summed E-state index contributed by atoms with van der Waals surface area (Å²) in [5.74, 6) is -0.727. The summed E-state index contributed by atoms with van der Waals surface area (Å²) in [5, 5.41) is 3.84. The van der Waals surface area contributed by atoms with Crippen LogP contribution in [0.3, 0.4) is 0 Å². The number of nitrogens with one attached hydrogen (secondary N) is 2. The molecule has 0 aliphatic carbocycles. The van der Waals surface area contributed by atoms with Gasteiger partial charge >= 0.3 is 6.18 Å². The highest BCUT2D eigenvalue weighted by atomic mass is 35.5. The molecule has 0 bridgehead atoms. The number of halogens is 4. The predicted octanol–water partition coefficient (Wildman–Crippen LogP) is 4.70. The molecule has 11 heteroatoms. The lowest BCUT2D eigenvalue weighted by Crippen LogP contribution is -2.20. The predicted molar refractivity (Wildman–Crippen MR) is 106 cm³/mol. The van der Waals surface area contributed by atoms with Crippen LogP contribution in [0.2, 0.25) is 5.02 Å². The molecule has 0 atom stereocenters. The maximum absolute atomic E-state index is 12.6. The van der Waals surface area contributed by atoms with E-state index in [4.69, 9.17) is 16.3 Å². The fraction of sp³-hybridized carbons (Fsp3) is 0.105. The van der Waals surface area contributed by atoms with E-state index >= 15 is 0 Å². The number of hydrogen-bond donors (Lipinski definition) is 2. The summed E-state index contributed by atoms with van der Waals surface area (Å²) in [6.07, 6.45) is -3.00. The third-order valence-corrected chi connectivity index (χ3v) is 4.88. The number of amides is 3. The molecule has 2 aromatic rings. The highest BCUT2D eigenvalue weighted by Crippen LogP contribution is 2.33. The molecule has 2 aromatic carbocycles. The highest BCUT2D eigenvalue weighted by Gasteiger charge is 2.31. The Bertz CT molecular complexity index is 1040. The van der Waals surface area contributed by atoms with Gasteiger partial charge in [-0.05, 0) is 53.7 Å².